The van der Waals surface area contributed by atoms with Crippen LogP contribution >= 0.6 is 0 Å². The van der Waals surface area contributed by atoms with Gasteiger partial charge in [-0.15, -0.1) is 0 Å². The van der Waals surface area contributed by atoms with Crippen molar-refractivity contribution in [3.05, 3.63) is 479 Å². The molecular formula is C124H79N9. The Morgan fingerprint density at radius 3 is 0.669 bits per heavy atom. The molecule has 0 aliphatic heterocycles. The summed E-state index contributed by atoms with van der Waals surface area (Å²) in [4.78, 5) is 13.9. The highest BCUT2D eigenvalue weighted by Gasteiger charge is 2.25. The number of hydrogen-bond acceptors (Lipinski definition) is 3. The first-order chi connectivity index (χ1) is 65.9. The summed E-state index contributed by atoms with van der Waals surface area (Å²) in [6, 6.07) is 175. The molecule has 0 saturated carbocycles. The molecule has 0 atom stereocenters. The molecule has 0 N–H and O–H groups in total. The van der Waals surface area contributed by atoms with E-state index in [9.17, 15) is 0 Å². The van der Waals surface area contributed by atoms with Crippen LogP contribution in [0.15, 0.2) is 479 Å². The highest BCUT2D eigenvalue weighted by atomic mass is 15.1. The summed E-state index contributed by atoms with van der Waals surface area (Å²) in [6.45, 7) is 0. The molecule has 0 amide bonds. The van der Waals surface area contributed by atoms with Crippen molar-refractivity contribution in [1.29, 1.82) is 0 Å². The molecule has 133 heavy (non-hydrogen) atoms. The number of aromatic nitrogens is 8. The van der Waals surface area contributed by atoms with Crippen molar-refractivity contribution in [2.45, 2.75) is 0 Å². The van der Waals surface area contributed by atoms with Crippen LogP contribution in [-0.2, 0) is 0 Å². The molecule has 0 radical (unpaired) electrons. The average molecular weight is 1700 g/mol. The third-order valence-corrected chi connectivity index (χ3v) is 27.3. The number of hydrogen-bond donors (Lipinski definition) is 0. The zero-order valence-corrected chi connectivity index (χ0v) is 72.1. The minimum atomic E-state index is 0.601. The number of nitrogens with zero attached hydrogens (tertiary/aromatic N) is 9. The predicted octanol–water partition coefficient (Wildman–Crippen LogP) is 32.5. The van der Waals surface area contributed by atoms with E-state index in [0.29, 0.717) is 5.82 Å². The molecule has 20 aromatic carbocycles. The maximum Gasteiger partial charge on any atom is 0.160 e. The van der Waals surface area contributed by atoms with E-state index in [2.05, 4.69) is 512 Å². The van der Waals surface area contributed by atoms with Gasteiger partial charge >= 0.3 is 0 Å². The van der Waals surface area contributed by atoms with Crippen LogP contribution in [0.1, 0.15) is 0 Å². The SMILES string of the molecule is c1ccc(N(c2ccccc2)c2ccc3c(c2)c2ccccc2n3-c2cccc(-c3nc(-c4cccc(-n5c6ccccc6c6cc(-c7ccc8c(c7)c7ccccc7n8-c7ccccc7)ccc65)c4)cc(-c4cccc(-n5c6ccc(-c7ccc8c(c7)c7ccccc7n8-c7ccccc7)cc6c6cc(-c7ccc8c(c7)c7ccccc7n8-c7ccccc7)ccc65)c4)n3)c2)cc1. The number of para-hydroxylation sites is 10. The fourth-order valence-electron chi connectivity index (χ4n) is 21.4. The van der Waals surface area contributed by atoms with Gasteiger partial charge in [0.2, 0.25) is 0 Å². The summed E-state index contributed by atoms with van der Waals surface area (Å²) >= 11 is 0. The standard InChI is InChI=1S/C124H79N9/c1-6-32-89(33-7-1)127(90-34-8-2-9-35-90)97-61-68-123-109(78-97)102-49-20-25-54-116(102)132(123)96-44-28-31-88(71-96)124-125-110(86-29-26-42-94(69-86)131-115-53-24-19-48-101(115)106-75-81(58-65-120(106)131)80-55-62-117-103(72-80)98-45-16-21-50-112(98)128(117)91-36-10-3-11-37-91)79-111(126-124)87-30-27-43-95(70-87)133-121-66-59-84(82-56-63-118-104(73-82)99-46-17-22-51-113(99)129(118)92-38-12-4-13-39-92)76-107(121)108-77-85(60-67-122(108)133)83-57-64-119-105(74-83)100-47-18-23-52-114(100)130(119)93-40-14-5-15-41-93/h1-79H. The van der Waals surface area contributed by atoms with Crippen molar-refractivity contribution >= 4 is 148 Å². The average Bonchev–Trinajstić information content (AvgIpc) is 1.58. The van der Waals surface area contributed by atoms with Gasteiger partial charge in [0, 0.05) is 133 Å². The van der Waals surface area contributed by atoms with Crippen LogP contribution in [0, 0.1) is 0 Å². The Morgan fingerprint density at radius 1 is 0.135 bits per heavy atom. The van der Waals surface area contributed by atoms with Crippen LogP contribution in [0.4, 0.5) is 17.1 Å². The zero-order valence-electron chi connectivity index (χ0n) is 72.1. The second-order valence-corrected chi connectivity index (χ2v) is 34.8. The molecule has 27 aromatic rings. The van der Waals surface area contributed by atoms with Gasteiger partial charge in [0.25, 0.3) is 0 Å². The Bertz CT molecular complexity index is 9140. The fourth-order valence-corrected chi connectivity index (χ4v) is 21.4. The molecule has 0 spiro atoms. The molecule has 7 heterocycles. The van der Waals surface area contributed by atoms with Crippen LogP contribution in [0.3, 0.4) is 0 Å². The smallest absolute Gasteiger partial charge is 0.160 e. The van der Waals surface area contributed by atoms with Gasteiger partial charge in [-0.1, -0.05) is 255 Å². The lowest BCUT2D eigenvalue weighted by Gasteiger charge is -2.25. The summed E-state index contributed by atoms with van der Waals surface area (Å²) in [7, 11) is 0. The van der Waals surface area contributed by atoms with Crippen LogP contribution < -0.4 is 4.90 Å². The van der Waals surface area contributed by atoms with Crippen LogP contribution in [0.25, 0.3) is 232 Å². The maximum atomic E-state index is 5.78. The van der Waals surface area contributed by atoms with E-state index in [4.69, 9.17) is 9.97 Å². The van der Waals surface area contributed by atoms with Crippen molar-refractivity contribution < 1.29 is 0 Å². The van der Waals surface area contributed by atoms with E-state index in [1.807, 2.05) is 0 Å². The third kappa shape index (κ3) is 12.2. The van der Waals surface area contributed by atoms with Crippen molar-refractivity contribution in [1.82, 2.24) is 37.4 Å². The van der Waals surface area contributed by atoms with Gasteiger partial charge in [-0.3, -0.25) is 0 Å². The Kier molecular flexibility index (Phi) is 17.2. The van der Waals surface area contributed by atoms with E-state index in [-0.39, 0.29) is 0 Å². The molecule has 0 unspecified atom stereocenters. The highest BCUT2D eigenvalue weighted by molar-refractivity contribution is 6.18. The Morgan fingerprint density at radius 2 is 0.361 bits per heavy atom. The zero-order chi connectivity index (χ0) is 87.3. The number of fused-ring (bicyclic) bond motifs is 18. The predicted molar refractivity (Wildman–Crippen MR) is 555 cm³/mol. The van der Waals surface area contributed by atoms with Crippen LogP contribution in [-0.4, -0.2) is 37.4 Å². The summed E-state index contributed by atoms with van der Waals surface area (Å²) < 4.78 is 14.4. The van der Waals surface area contributed by atoms with Gasteiger partial charge in [-0.25, -0.2) is 9.97 Å². The Balaban J connectivity index is 0.623. The van der Waals surface area contributed by atoms with Crippen molar-refractivity contribution in [3.8, 4) is 101 Å². The molecule has 0 saturated heterocycles. The Labute approximate surface area is 765 Å². The molecule has 7 aromatic heterocycles. The molecule has 0 bridgehead atoms. The van der Waals surface area contributed by atoms with E-state index in [1.165, 1.54) is 76.2 Å². The van der Waals surface area contributed by atoms with E-state index < -0.39 is 0 Å². The van der Waals surface area contributed by atoms with E-state index in [1.54, 1.807) is 0 Å². The van der Waals surface area contributed by atoms with E-state index >= 15 is 0 Å². The van der Waals surface area contributed by atoms with Crippen LogP contribution in [0.2, 0.25) is 0 Å². The molecule has 9 nitrogen and oxygen atoms in total. The lowest BCUT2D eigenvalue weighted by molar-refractivity contribution is 1.15. The molecule has 0 aliphatic carbocycles. The van der Waals surface area contributed by atoms with Gasteiger partial charge < -0.3 is 32.3 Å². The quantitative estimate of drug-likeness (QED) is 0.103. The van der Waals surface area contributed by atoms with E-state index in [0.717, 1.165) is 167 Å². The summed E-state index contributed by atoms with van der Waals surface area (Å²) in [5.74, 6) is 0.601. The summed E-state index contributed by atoms with van der Waals surface area (Å²) in [5.41, 5.74) is 34.6. The molecular weight excluding hydrogens is 1620 g/mol. The van der Waals surface area contributed by atoms with Crippen molar-refractivity contribution in [3.63, 3.8) is 0 Å². The van der Waals surface area contributed by atoms with Crippen molar-refractivity contribution in [2.75, 3.05) is 4.90 Å². The molecule has 0 aliphatic rings. The molecule has 0 fully saturated rings. The minimum Gasteiger partial charge on any atom is -0.310 e. The van der Waals surface area contributed by atoms with Gasteiger partial charge in [-0.2, -0.15) is 0 Å². The molecule has 620 valence electrons. The molecule has 9 heteroatoms. The number of benzene rings is 20. The molecule has 27 rings (SSSR count). The second kappa shape index (κ2) is 30.4. The summed E-state index contributed by atoms with van der Waals surface area (Å²) in [6.07, 6.45) is 0. The fraction of sp³-hybridized carbons (Fsp3) is 0. The van der Waals surface area contributed by atoms with Gasteiger partial charge in [-0.05, 0) is 258 Å². The second-order valence-electron chi connectivity index (χ2n) is 34.8. The maximum absolute atomic E-state index is 5.78. The van der Waals surface area contributed by atoms with Crippen LogP contribution in [0.5, 0.6) is 0 Å². The number of rotatable bonds is 15. The van der Waals surface area contributed by atoms with Gasteiger partial charge in [0.1, 0.15) is 0 Å². The van der Waals surface area contributed by atoms with Crippen molar-refractivity contribution in [2.24, 2.45) is 0 Å². The largest absolute Gasteiger partial charge is 0.310 e. The van der Waals surface area contributed by atoms with Gasteiger partial charge in [0.15, 0.2) is 5.82 Å². The highest BCUT2D eigenvalue weighted by Crippen LogP contribution is 2.47. The first-order valence-corrected chi connectivity index (χ1v) is 45.5. The monoisotopic (exact) mass is 1690 g/mol. The van der Waals surface area contributed by atoms with Gasteiger partial charge in [0.05, 0.1) is 77.6 Å². The Hall–Kier alpha value is -17.9. The first-order valence-electron chi connectivity index (χ1n) is 45.5. The topological polar surface area (TPSA) is 58.6 Å². The lowest BCUT2D eigenvalue weighted by Crippen LogP contribution is -2.09. The third-order valence-electron chi connectivity index (χ3n) is 27.3. The summed E-state index contributed by atoms with van der Waals surface area (Å²) in [5, 5.41) is 14.2. The minimum absolute atomic E-state index is 0.601. The first kappa shape index (κ1) is 75.2. The lowest BCUT2D eigenvalue weighted by atomic mass is 9.98. The normalized spacial score (nSPS) is 11.9. The number of anilines is 3.